The molecule has 0 aromatic heterocycles. The molecule has 1 aliphatic carbocycles. The van der Waals surface area contributed by atoms with Crippen LogP contribution < -0.4 is 0 Å². The Morgan fingerprint density at radius 3 is 2.19 bits per heavy atom. The number of carboxylic acids is 2. The summed E-state index contributed by atoms with van der Waals surface area (Å²) >= 11 is 3.25. The van der Waals surface area contributed by atoms with Crippen LogP contribution in [0.3, 0.4) is 0 Å². The molecule has 1 aliphatic rings. The first-order chi connectivity index (χ1) is 7.48. The maximum Gasteiger partial charge on any atom is 0.315 e. The van der Waals surface area contributed by atoms with Crippen LogP contribution in [0, 0.1) is 5.92 Å². The maximum absolute atomic E-state index is 11.2. The van der Waals surface area contributed by atoms with Gasteiger partial charge in [-0.1, -0.05) is 28.1 Å². The first-order valence-electron chi connectivity index (χ1n) is 4.70. The Balaban J connectivity index is 2.40. The van der Waals surface area contributed by atoms with Gasteiger partial charge in [0.15, 0.2) is 0 Å². The van der Waals surface area contributed by atoms with Gasteiger partial charge in [-0.05, 0) is 24.1 Å². The molecule has 0 spiro atoms. The van der Waals surface area contributed by atoms with Gasteiger partial charge in [0.05, 0.1) is 5.92 Å². The lowest BCUT2D eigenvalue weighted by Crippen LogP contribution is -2.25. The van der Waals surface area contributed by atoms with Gasteiger partial charge in [0.2, 0.25) is 0 Å². The number of benzene rings is 1. The fourth-order valence-electron chi connectivity index (χ4n) is 1.99. The van der Waals surface area contributed by atoms with Gasteiger partial charge in [-0.15, -0.1) is 0 Å². The molecule has 1 saturated carbocycles. The van der Waals surface area contributed by atoms with Gasteiger partial charge >= 0.3 is 11.9 Å². The van der Waals surface area contributed by atoms with E-state index in [1.807, 2.05) is 0 Å². The van der Waals surface area contributed by atoms with E-state index >= 15 is 0 Å². The number of carboxylic acid groups (broad SMARTS) is 2. The molecule has 1 fully saturated rings. The molecule has 4 nitrogen and oxygen atoms in total. The number of aliphatic carboxylic acids is 2. The summed E-state index contributed by atoms with van der Waals surface area (Å²) in [6.45, 7) is 0. The molecule has 0 unspecified atom stereocenters. The molecule has 1 aromatic rings. The van der Waals surface area contributed by atoms with E-state index in [2.05, 4.69) is 15.9 Å². The average Bonchev–Trinajstić information content (AvgIpc) is 2.95. The van der Waals surface area contributed by atoms with Crippen molar-refractivity contribution in [1.29, 1.82) is 0 Å². The van der Waals surface area contributed by atoms with Gasteiger partial charge in [-0.2, -0.15) is 0 Å². The zero-order valence-electron chi connectivity index (χ0n) is 8.18. The van der Waals surface area contributed by atoms with Crippen molar-refractivity contribution < 1.29 is 19.8 Å². The van der Waals surface area contributed by atoms with Gasteiger partial charge in [-0.3, -0.25) is 9.59 Å². The van der Waals surface area contributed by atoms with Gasteiger partial charge in [0, 0.05) is 4.47 Å². The number of carbonyl (C=O) groups is 2. The van der Waals surface area contributed by atoms with Crippen LogP contribution in [-0.2, 0) is 15.0 Å². The summed E-state index contributed by atoms with van der Waals surface area (Å²) in [4.78, 5) is 22.1. The third-order valence-corrected chi connectivity index (χ3v) is 3.53. The minimum Gasteiger partial charge on any atom is -0.481 e. The van der Waals surface area contributed by atoms with Crippen LogP contribution in [0.4, 0.5) is 0 Å². The summed E-state index contributed by atoms with van der Waals surface area (Å²) < 4.78 is 0.837. The lowest BCUT2D eigenvalue weighted by atomic mass is 9.93. The lowest BCUT2D eigenvalue weighted by Gasteiger charge is -2.11. The molecule has 0 aliphatic heterocycles. The highest BCUT2D eigenvalue weighted by molar-refractivity contribution is 9.10. The van der Waals surface area contributed by atoms with Crippen LogP contribution in [0.15, 0.2) is 28.7 Å². The molecule has 2 N–H and O–H groups in total. The summed E-state index contributed by atoms with van der Waals surface area (Å²) in [5.41, 5.74) is -0.678. The second-order valence-corrected chi connectivity index (χ2v) is 4.79. The molecule has 0 radical (unpaired) electrons. The maximum atomic E-state index is 11.2. The number of hydrogen-bond acceptors (Lipinski definition) is 2. The molecule has 2 atom stereocenters. The van der Waals surface area contributed by atoms with E-state index in [0.717, 1.165) is 4.47 Å². The summed E-state index contributed by atoms with van der Waals surface area (Å²) in [6, 6.07) is 6.75. The van der Waals surface area contributed by atoms with Crippen molar-refractivity contribution in [2.24, 2.45) is 5.92 Å². The minimum atomic E-state index is -1.23. The smallest absolute Gasteiger partial charge is 0.315 e. The second-order valence-electron chi connectivity index (χ2n) is 3.88. The van der Waals surface area contributed by atoms with E-state index in [1.54, 1.807) is 24.3 Å². The van der Waals surface area contributed by atoms with Crippen molar-refractivity contribution in [2.75, 3.05) is 0 Å². The predicted octanol–water partition coefficient (Wildman–Crippen LogP) is 1.88. The topological polar surface area (TPSA) is 74.6 Å². The van der Waals surface area contributed by atoms with Crippen molar-refractivity contribution in [2.45, 2.75) is 11.8 Å². The summed E-state index contributed by atoms with van der Waals surface area (Å²) in [7, 11) is 0. The van der Waals surface area contributed by atoms with Crippen molar-refractivity contribution in [3.8, 4) is 0 Å². The van der Waals surface area contributed by atoms with E-state index in [0.29, 0.717) is 5.56 Å². The molecule has 16 heavy (non-hydrogen) atoms. The second kappa shape index (κ2) is 3.59. The highest BCUT2D eigenvalue weighted by Crippen LogP contribution is 2.54. The zero-order valence-corrected chi connectivity index (χ0v) is 9.77. The number of rotatable bonds is 3. The molecule has 0 amide bonds. The van der Waals surface area contributed by atoms with Gasteiger partial charge in [0.1, 0.15) is 5.41 Å². The molecule has 0 bridgehead atoms. The third kappa shape index (κ3) is 1.51. The van der Waals surface area contributed by atoms with E-state index < -0.39 is 23.3 Å². The molecular weight excluding hydrogens is 276 g/mol. The highest BCUT2D eigenvalue weighted by Gasteiger charge is 2.65. The Labute approximate surface area is 100 Å². The quantitative estimate of drug-likeness (QED) is 0.889. The fourth-order valence-corrected chi connectivity index (χ4v) is 2.25. The van der Waals surface area contributed by atoms with Crippen LogP contribution in [0.5, 0.6) is 0 Å². The standard InChI is InChI=1S/C11H9BrO4/c12-7-3-1-6(2-4-7)11(10(15)16)5-8(11)9(13)14/h1-4,8H,5H2,(H,13,14)(H,15,16)/t8-,11+/m1/s1. The molecule has 84 valence electrons. The normalized spacial score (nSPS) is 27.4. The van der Waals surface area contributed by atoms with E-state index in [4.69, 9.17) is 5.11 Å². The zero-order chi connectivity index (χ0) is 11.9. The van der Waals surface area contributed by atoms with Gasteiger partial charge in [0.25, 0.3) is 0 Å². The Hall–Kier alpha value is -1.36. The van der Waals surface area contributed by atoms with Crippen LogP contribution in [0.2, 0.25) is 0 Å². The van der Waals surface area contributed by atoms with E-state index in [1.165, 1.54) is 0 Å². The SMILES string of the molecule is O=C(O)[C@H]1C[C@]1(C(=O)O)c1ccc(Br)cc1. The lowest BCUT2D eigenvalue weighted by molar-refractivity contribution is -0.145. The molecule has 2 rings (SSSR count). The summed E-state index contributed by atoms with van der Waals surface area (Å²) in [6.07, 6.45) is 0.166. The van der Waals surface area contributed by atoms with Crippen LogP contribution >= 0.6 is 15.9 Å². The Morgan fingerprint density at radius 2 is 1.81 bits per heavy atom. The van der Waals surface area contributed by atoms with Gasteiger partial charge < -0.3 is 10.2 Å². The van der Waals surface area contributed by atoms with Crippen molar-refractivity contribution in [3.63, 3.8) is 0 Å². The summed E-state index contributed by atoms with van der Waals surface area (Å²) in [5.74, 6) is -2.93. The Morgan fingerprint density at radius 1 is 1.25 bits per heavy atom. The highest BCUT2D eigenvalue weighted by atomic mass is 79.9. The van der Waals surface area contributed by atoms with Gasteiger partial charge in [-0.25, -0.2) is 0 Å². The Kier molecular flexibility index (Phi) is 2.50. The van der Waals surface area contributed by atoms with Crippen molar-refractivity contribution in [1.82, 2.24) is 0 Å². The third-order valence-electron chi connectivity index (χ3n) is 3.00. The number of hydrogen-bond donors (Lipinski definition) is 2. The first kappa shape index (κ1) is 11.1. The van der Waals surface area contributed by atoms with Crippen LogP contribution in [0.1, 0.15) is 12.0 Å². The molecule has 0 heterocycles. The molecule has 5 heteroatoms. The van der Waals surface area contributed by atoms with Crippen molar-refractivity contribution >= 4 is 27.9 Å². The van der Waals surface area contributed by atoms with Crippen LogP contribution in [0.25, 0.3) is 0 Å². The van der Waals surface area contributed by atoms with Crippen LogP contribution in [-0.4, -0.2) is 22.2 Å². The first-order valence-corrected chi connectivity index (χ1v) is 5.50. The Bertz CT molecular complexity index is 454. The predicted molar refractivity (Wildman–Crippen MR) is 59.2 cm³/mol. The monoisotopic (exact) mass is 284 g/mol. The fraction of sp³-hybridized carbons (Fsp3) is 0.273. The number of halogens is 1. The average molecular weight is 285 g/mol. The molecule has 0 saturated heterocycles. The van der Waals surface area contributed by atoms with E-state index in [-0.39, 0.29) is 6.42 Å². The van der Waals surface area contributed by atoms with Crippen molar-refractivity contribution in [3.05, 3.63) is 34.3 Å². The minimum absolute atomic E-state index is 0.166. The molecular formula is C11H9BrO4. The van der Waals surface area contributed by atoms with E-state index in [9.17, 15) is 14.7 Å². The summed E-state index contributed by atoms with van der Waals surface area (Å²) in [5, 5.41) is 18.1. The largest absolute Gasteiger partial charge is 0.481 e. The molecule has 1 aromatic carbocycles.